The smallest absolute Gasteiger partial charge is 0.257 e. The van der Waals surface area contributed by atoms with Crippen LogP contribution in [0.3, 0.4) is 0 Å². The summed E-state index contributed by atoms with van der Waals surface area (Å²) in [7, 11) is 1.61. The Balaban J connectivity index is 0.859. The molecule has 3 aromatic heterocycles. The van der Waals surface area contributed by atoms with Crippen LogP contribution < -0.4 is 10.6 Å². The van der Waals surface area contributed by atoms with Crippen molar-refractivity contribution in [2.24, 2.45) is 0 Å². The van der Waals surface area contributed by atoms with Gasteiger partial charge in [0, 0.05) is 61.8 Å². The van der Waals surface area contributed by atoms with Crippen molar-refractivity contribution in [3.63, 3.8) is 0 Å². The van der Waals surface area contributed by atoms with Gasteiger partial charge in [-0.2, -0.15) is 5.10 Å². The Morgan fingerprint density at radius 1 is 0.864 bits per heavy atom. The van der Waals surface area contributed by atoms with E-state index in [0.717, 1.165) is 27.7 Å². The molecular formula is C45H43FN8O5. The number of rotatable bonds is 14. The Morgan fingerprint density at radius 3 is 2.42 bits per heavy atom. The number of phenolic OH excluding ortho intramolecular Hbond substituents is 2. The summed E-state index contributed by atoms with van der Waals surface area (Å²) in [5.41, 5.74) is 5.66. The van der Waals surface area contributed by atoms with Gasteiger partial charge in [-0.05, 0) is 84.0 Å². The summed E-state index contributed by atoms with van der Waals surface area (Å²) >= 11 is 0. The average Bonchev–Trinajstić information content (AvgIpc) is 3.62. The van der Waals surface area contributed by atoms with E-state index in [1.54, 1.807) is 54.3 Å². The van der Waals surface area contributed by atoms with Gasteiger partial charge in [-0.1, -0.05) is 44.2 Å². The average molecular weight is 795 g/mol. The zero-order chi connectivity index (χ0) is 41.6. The lowest BCUT2D eigenvalue weighted by molar-refractivity contribution is -0.116. The van der Waals surface area contributed by atoms with Gasteiger partial charge in [0.25, 0.3) is 17.6 Å². The van der Waals surface area contributed by atoms with Gasteiger partial charge in [0.2, 0.25) is 5.91 Å². The van der Waals surface area contributed by atoms with Crippen molar-refractivity contribution in [1.82, 2.24) is 34.8 Å². The summed E-state index contributed by atoms with van der Waals surface area (Å²) in [4.78, 5) is 53.1. The predicted molar refractivity (Wildman–Crippen MR) is 222 cm³/mol. The van der Waals surface area contributed by atoms with Gasteiger partial charge in [-0.15, -0.1) is 0 Å². The molecule has 3 amide bonds. The number of benzene rings is 4. The summed E-state index contributed by atoms with van der Waals surface area (Å²) in [5.74, 6) is -1.62. The minimum absolute atomic E-state index is 0.0399. The third kappa shape index (κ3) is 9.33. The SMILES string of the molecule is CC(C)c1cc(C(=O)N(C)Cc2ccc(C(=O)NCCCCC(=O)Nc3ccc(-c4cnc5ncc(Cc6ccc7ncccc7c6)n5n4)cc3F)cc2)c(O)cc1O. The lowest BCUT2D eigenvalue weighted by Gasteiger charge is -2.19. The molecule has 14 heteroatoms. The van der Waals surface area contributed by atoms with Gasteiger partial charge in [0.05, 0.1) is 34.9 Å². The maximum absolute atomic E-state index is 15.2. The molecule has 0 atom stereocenters. The minimum Gasteiger partial charge on any atom is -0.508 e. The van der Waals surface area contributed by atoms with Gasteiger partial charge >= 0.3 is 0 Å². The van der Waals surface area contributed by atoms with E-state index in [1.165, 1.54) is 35.4 Å². The molecular weight excluding hydrogens is 752 g/mol. The number of fused-ring (bicyclic) bond motifs is 2. The first-order chi connectivity index (χ1) is 28.4. The molecule has 0 radical (unpaired) electrons. The summed E-state index contributed by atoms with van der Waals surface area (Å²) in [6.45, 7) is 4.34. The Labute approximate surface area is 339 Å². The van der Waals surface area contributed by atoms with Crippen molar-refractivity contribution in [2.75, 3.05) is 18.9 Å². The van der Waals surface area contributed by atoms with Gasteiger partial charge < -0.3 is 25.7 Å². The lowest BCUT2D eigenvalue weighted by atomic mass is 9.98. The Morgan fingerprint density at radius 2 is 1.64 bits per heavy atom. The summed E-state index contributed by atoms with van der Waals surface area (Å²) in [5, 5.41) is 31.6. The number of anilines is 1. The third-order valence-electron chi connectivity index (χ3n) is 9.99. The standard InChI is InChI=1S/C45H43FN8O5/c1-27(2)34-22-35(41(56)23-40(34)55)44(59)53(3)26-28-9-12-30(13-10-28)43(58)48-17-5-4-8-42(57)51-38-16-14-32(21-36(38)46)39-25-50-45-49-24-33(54(45)52-39)20-29-11-15-37-31(19-29)7-6-18-47-37/h6-7,9-16,18-19,21-25,27,55-56H,4-5,8,17,20,26H2,1-3H3,(H,48,58)(H,51,57). The summed E-state index contributed by atoms with van der Waals surface area (Å²) in [6, 6.07) is 24.0. The molecule has 0 saturated heterocycles. The summed E-state index contributed by atoms with van der Waals surface area (Å²) < 4.78 is 16.9. The van der Waals surface area contributed by atoms with Crippen molar-refractivity contribution in [3.05, 3.63) is 143 Å². The number of carbonyl (C=O) groups excluding carboxylic acids is 3. The van der Waals surface area contributed by atoms with Gasteiger partial charge in [-0.3, -0.25) is 19.4 Å². The molecule has 0 aliphatic heterocycles. The zero-order valence-electron chi connectivity index (χ0n) is 32.8. The maximum atomic E-state index is 15.2. The van der Waals surface area contributed by atoms with E-state index in [9.17, 15) is 24.6 Å². The van der Waals surface area contributed by atoms with Crippen LogP contribution in [0.5, 0.6) is 11.5 Å². The topological polar surface area (TPSA) is 175 Å². The minimum atomic E-state index is -0.609. The Kier molecular flexibility index (Phi) is 11.9. The molecule has 300 valence electrons. The van der Waals surface area contributed by atoms with Crippen LogP contribution >= 0.6 is 0 Å². The third-order valence-corrected chi connectivity index (χ3v) is 9.99. The normalized spacial score (nSPS) is 11.3. The molecule has 0 aliphatic carbocycles. The number of halogens is 1. The molecule has 4 N–H and O–H groups in total. The second-order valence-corrected chi connectivity index (χ2v) is 14.7. The second-order valence-electron chi connectivity index (χ2n) is 14.7. The molecule has 3 heterocycles. The first-order valence-electron chi connectivity index (χ1n) is 19.2. The fourth-order valence-corrected chi connectivity index (χ4v) is 6.76. The van der Waals surface area contributed by atoms with Crippen molar-refractivity contribution in [1.29, 1.82) is 0 Å². The van der Waals surface area contributed by atoms with Crippen molar-refractivity contribution < 1.29 is 29.0 Å². The molecule has 0 spiro atoms. The van der Waals surface area contributed by atoms with Crippen LogP contribution in [0, 0.1) is 5.82 Å². The van der Waals surface area contributed by atoms with E-state index in [4.69, 9.17) is 5.10 Å². The van der Waals surface area contributed by atoms with E-state index in [2.05, 4.69) is 31.7 Å². The summed E-state index contributed by atoms with van der Waals surface area (Å²) in [6.07, 6.45) is 6.72. The predicted octanol–water partition coefficient (Wildman–Crippen LogP) is 7.42. The number of nitrogens with one attached hydrogen (secondary N) is 2. The van der Waals surface area contributed by atoms with Crippen molar-refractivity contribution in [3.8, 4) is 22.8 Å². The number of amides is 3. The zero-order valence-corrected chi connectivity index (χ0v) is 32.8. The Hall–Kier alpha value is -7.22. The molecule has 0 fully saturated rings. The lowest BCUT2D eigenvalue weighted by Crippen LogP contribution is -2.27. The van der Waals surface area contributed by atoms with E-state index >= 15 is 4.39 Å². The largest absolute Gasteiger partial charge is 0.508 e. The highest BCUT2D eigenvalue weighted by Crippen LogP contribution is 2.33. The molecule has 7 rings (SSSR count). The number of aromatic hydroxyl groups is 2. The number of phenols is 2. The van der Waals surface area contributed by atoms with Crippen LogP contribution in [0.4, 0.5) is 10.1 Å². The molecule has 0 aliphatic rings. The number of aromatic nitrogens is 5. The van der Waals surface area contributed by atoms with Crippen LogP contribution in [0.1, 0.15) is 82.1 Å². The quantitative estimate of drug-likeness (QED) is 0.0817. The van der Waals surface area contributed by atoms with Crippen LogP contribution in [0.15, 0.2) is 104 Å². The highest BCUT2D eigenvalue weighted by Gasteiger charge is 2.20. The molecule has 13 nitrogen and oxygen atoms in total. The molecule has 7 aromatic rings. The van der Waals surface area contributed by atoms with Crippen molar-refractivity contribution >= 4 is 40.1 Å². The number of carbonyl (C=O) groups is 3. The monoisotopic (exact) mass is 794 g/mol. The maximum Gasteiger partial charge on any atom is 0.257 e. The highest BCUT2D eigenvalue weighted by molar-refractivity contribution is 5.97. The number of unbranched alkanes of at least 4 members (excludes halogenated alkanes) is 1. The van der Waals surface area contributed by atoms with Gasteiger partial charge in [0.1, 0.15) is 23.0 Å². The van der Waals surface area contributed by atoms with Crippen molar-refractivity contribution in [2.45, 2.75) is 52.0 Å². The molecule has 0 saturated carbocycles. The highest BCUT2D eigenvalue weighted by atomic mass is 19.1. The molecule has 59 heavy (non-hydrogen) atoms. The second kappa shape index (κ2) is 17.5. The van der Waals surface area contributed by atoms with Crippen LogP contribution in [-0.2, 0) is 17.8 Å². The Bertz CT molecular complexity index is 2680. The van der Waals surface area contributed by atoms with Crippen LogP contribution in [0.2, 0.25) is 0 Å². The van der Waals surface area contributed by atoms with E-state index in [1.807, 2.05) is 38.1 Å². The number of nitrogens with zero attached hydrogens (tertiary/aromatic N) is 6. The van der Waals surface area contributed by atoms with Gasteiger partial charge in [0.15, 0.2) is 0 Å². The fourth-order valence-electron chi connectivity index (χ4n) is 6.76. The number of pyridine rings is 1. The molecule has 4 aromatic carbocycles. The van der Waals surface area contributed by atoms with Crippen LogP contribution in [-0.4, -0.2) is 71.0 Å². The number of hydrogen-bond donors (Lipinski definition) is 4. The fraction of sp³-hybridized carbons (Fsp3) is 0.222. The van der Waals surface area contributed by atoms with E-state index < -0.39 is 11.7 Å². The number of hydrogen-bond acceptors (Lipinski definition) is 9. The van der Waals surface area contributed by atoms with Crippen LogP contribution in [0.25, 0.3) is 27.9 Å². The van der Waals surface area contributed by atoms with E-state index in [0.29, 0.717) is 54.0 Å². The number of imidazole rings is 1. The van der Waals surface area contributed by atoms with Gasteiger partial charge in [-0.25, -0.2) is 18.9 Å². The molecule has 0 unspecified atom stereocenters. The first-order valence-corrected chi connectivity index (χ1v) is 19.2. The molecule has 0 bridgehead atoms. The first kappa shape index (κ1) is 40.0. The van der Waals surface area contributed by atoms with E-state index in [-0.39, 0.29) is 53.4 Å².